The van der Waals surface area contributed by atoms with Crippen LogP contribution < -0.4 is 15.5 Å². The molecule has 0 bridgehead atoms. The number of nitrogens with zero attached hydrogens (tertiary/aromatic N) is 1. The van der Waals surface area contributed by atoms with Gasteiger partial charge in [-0.25, -0.2) is 0 Å². The molecule has 1 atom stereocenters. The van der Waals surface area contributed by atoms with Crippen LogP contribution in [0, 0.1) is 0 Å². The summed E-state index contributed by atoms with van der Waals surface area (Å²) in [6, 6.07) is 6.04. The molecule has 2 heterocycles. The molecule has 2 aromatic rings. The van der Waals surface area contributed by atoms with Crippen LogP contribution in [0.4, 0.5) is 19.0 Å². The number of pyridine rings is 1. The summed E-state index contributed by atoms with van der Waals surface area (Å²) in [7, 11) is 0.702. The first-order valence-electron chi connectivity index (χ1n) is 10.7. The lowest BCUT2D eigenvalue weighted by Gasteiger charge is -2.32. The summed E-state index contributed by atoms with van der Waals surface area (Å²) < 4.78 is 58.6. The molecule has 1 fully saturated rings. The number of anilines is 1. The fourth-order valence-electron chi connectivity index (χ4n) is 4.27. The maximum absolute atomic E-state index is 13.7. The molecule has 10 heteroatoms. The van der Waals surface area contributed by atoms with Gasteiger partial charge in [-0.05, 0) is 63.2 Å². The molecule has 6 nitrogen and oxygen atoms in total. The van der Waals surface area contributed by atoms with E-state index in [-0.39, 0.29) is 17.3 Å². The number of alkyl halides is 3. The molecule has 1 aromatic carbocycles. The Bertz CT molecular complexity index is 1070. The van der Waals surface area contributed by atoms with Crippen molar-refractivity contribution in [3.63, 3.8) is 0 Å². The van der Waals surface area contributed by atoms with E-state index in [2.05, 4.69) is 10.3 Å². The Balaban J connectivity index is 1.69. The number of fused-ring (bicyclic) bond motifs is 1. The van der Waals surface area contributed by atoms with Crippen LogP contribution in [-0.2, 0) is 21.9 Å². The van der Waals surface area contributed by atoms with Crippen molar-refractivity contribution < 1.29 is 32.0 Å². The zero-order valence-electron chi connectivity index (χ0n) is 19.2. The van der Waals surface area contributed by atoms with Gasteiger partial charge >= 0.3 is 13.3 Å². The van der Waals surface area contributed by atoms with Crippen LogP contribution in [0.3, 0.4) is 0 Å². The van der Waals surface area contributed by atoms with Crippen molar-refractivity contribution in [2.45, 2.75) is 64.0 Å². The van der Waals surface area contributed by atoms with E-state index in [0.717, 1.165) is 22.7 Å². The molecule has 1 aliphatic heterocycles. The molecule has 176 valence electrons. The van der Waals surface area contributed by atoms with E-state index < -0.39 is 36.1 Å². The van der Waals surface area contributed by atoms with E-state index in [1.54, 1.807) is 0 Å². The van der Waals surface area contributed by atoms with Gasteiger partial charge in [-0.3, -0.25) is 4.79 Å². The summed E-state index contributed by atoms with van der Waals surface area (Å²) in [5, 5.41) is 2.94. The number of aromatic nitrogens is 1. The van der Waals surface area contributed by atoms with Crippen molar-refractivity contribution in [3.05, 3.63) is 46.5 Å². The number of rotatable bonds is 5. The minimum Gasteiger partial charge on any atom is -0.480 e. The third kappa shape index (κ3) is 4.10. The molecule has 0 amide bonds. The third-order valence-electron chi connectivity index (χ3n) is 6.77. The first-order chi connectivity index (χ1) is 15.4. The van der Waals surface area contributed by atoms with Crippen molar-refractivity contribution >= 4 is 24.7 Å². The van der Waals surface area contributed by atoms with E-state index in [1.807, 2.05) is 45.9 Å². The summed E-state index contributed by atoms with van der Waals surface area (Å²) in [5.74, 6) is -0.534. The number of halogens is 3. The zero-order chi connectivity index (χ0) is 24.2. The third-order valence-corrected chi connectivity index (χ3v) is 6.77. The van der Waals surface area contributed by atoms with Crippen molar-refractivity contribution in [1.29, 1.82) is 0 Å². The zero-order valence-corrected chi connectivity index (χ0v) is 19.2. The van der Waals surface area contributed by atoms with Gasteiger partial charge in [0.1, 0.15) is 5.82 Å². The van der Waals surface area contributed by atoms with Crippen LogP contribution in [0.15, 0.2) is 24.3 Å². The maximum atomic E-state index is 13.7. The molecule has 1 saturated heterocycles. The van der Waals surface area contributed by atoms with E-state index in [0.29, 0.717) is 19.1 Å². The quantitative estimate of drug-likeness (QED) is 0.528. The molecule has 2 aliphatic rings. The van der Waals surface area contributed by atoms with Crippen LogP contribution in [0.25, 0.3) is 0 Å². The number of hydrogen-bond donors (Lipinski definition) is 1. The highest BCUT2D eigenvalue weighted by Crippen LogP contribution is 2.41. The van der Waals surface area contributed by atoms with E-state index in [4.69, 9.17) is 14.0 Å². The predicted octanol–water partition coefficient (Wildman–Crippen LogP) is 4.32. The van der Waals surface area contributed by atoms with Gasteiger partial charge < -0.3 is 19.4 Å². The number of methoxy groups -OCH3 is 1. The minimum atomic E-state index is -4.69. The minimum absolute atomic E-state index is 0.162. The SMILES string of the molecule is COc1nc(NC2CCc3c(B4OC(C)(C)C(C)(C)O4)cccc32)c(C(F)(F)F)cc1C=O. The Hall–Kier alpha value is -2.59. The van der Waals surface area contributed by atoms with Gasteiger partial charge in [-0.2, -0.15) is 18.2 Å². The molecule has 33 heavy (non-hydrogen) atoms. The lowest BCUT2D eigenvalue weighted by atomic mass is 9.75. The molecular weight excluding hydrogens is 436 g/mol. The van der Waals surface area contributed by atoms with Gasteiger partial charge in [0.15, 0.2) is 6.29 Å². The van der Waals surface area contributed by atoms with Crippen LogP contribution >= 0.6 is 0 Å². The molecule has 0 radical (unpaired) electrons. The van der Waals surface area contributed by atoms with Gasteiger partial charge in [0.05, 0.1) is 35.5 Å². The molecule has 1 unspecified atom stereocenters. The second-order valence-corrected chi connectivity index (χ2v) is 9.34. The number of carbonyl (C=O) groups excluding carboxylic acids is 1. The fourth-order valence-corrected chi connectivity index (χ4v) is 4.27. The first-order valence-corrected chi connectivity index (χ1v) is 10.7. The van der Waals surface area contributed by atoms with Crippen LogP contribution in [0.5, 0.6) is 5.88 Å². The number of ether oxygens (including phenoxy) is 1. The molecule has 4 rings (SSSR count). The van der Waals surface area contributed by atoms with Gasteiger partial charge in [0, 0.05) is 0 Å². The van der Waals surface area contributed by atoms with Crippen molar-refractivity contribution in [2.75, 3.05) is 12.4 Å². The Morgan fingerprint density at radius 1 is 1.21 bits per heavy atom. The molecule has 1 aliphatic carbocycles. The average molecular weight is 462 g/mol. The topological polar surface area (TPSA) is 69.7 Å². The summed E-state index contributed by atoms with van der Waals surface area (Å²) in [4.78, 5) is 15.2. The number of carbonyl (C=O) groups is 1. The van der Waals surface area contributed by atoms with E-state index in [1.165, 1.54) is 7.11 Å². The summed E-state index contributed by atoms with van der Waals surface area (Å²) in [6.07, 6.45) is -3.17. The highest BCUT2D eigenvalue weighted by atomic mass is 19.4. The second kappa shape index (κ2) is 8.02. The largest absolute Gasteiger partial charge is 0.495 e. The highest BCUT2D eigenvalue weighted by Gasteiger charge is 2.52. The first kappa shape index (κ1) is 23.6. The smallest absolute Gasteiger partial charge is 0.480 e. The molecule has 0 spiro atoms. The summed E-state index contributed by atoms with van der Waals surface area (Å²) >= 11 is 0. The van der Waals surface area contributed by atoms with Crippen LogP contribution in [0.2, 0.25) is 0 Å². The monoisotopic (exact) mass is 462 g/mol. The maximum Gasteiger partial charge on any atom is 0.495 e. The lowest BCUT2D eigenvalue weighted by molar-refractivity contribution is -0.137. The second-order valence-electron chi connectivity index (χ2n) is 9.34. The Morgan fingerprint density at radius 2 is 1.88 bits per heavy atom. The van der Waals surface area contributed by atoms with Gasteiger partial charge in [-0.15, -0.1) is 0 Å². The molecule has 0 saturated carbocycles. The van der Waals surface area contributed by atoms with Crippen molar-refractivity contribution in [3.8, 4) is 5.88 Å². The highest BCUT2D eigenvalue weighted by molar-refractivity contribution is 6.62. The Morgan fingerprint density at radius 3 is 2.45 bits per heavy atom. The Kier molecular flexibility index (Phi) is 5.73. The number of hydrogen-bond acceptors (Lipinski definition) is 6. The lowest BCUT2D eigenvalue weighted by Crippen LogP contribution is -2.41. The average Bonchev–Trinajstić information content (AvgIpc) is 3.23. The predicted molar refractivity (Wildman–Crippen MR) is 118 cm³/mol. The van der Waals surface area contributed by atoms with Gasteiger partial charge in [0.25, 0.3) is 0 Å². The van der Waals surface area contributed by atoms with Crippen LogP contribution in [-0.4, -0.2) is 36.7 Å². The number of nitrogens with one attached hydrogen (secondary N) is 1. The summed E-state index contributed by atoms with van der Waals surface area (Å²) in [6.45, 7) is 7.89. The number of aldehydes is 1. The Labute approximate surface area is 191 Å². The van der Waals surface area contributed by atoms with Gasteiger partial charge in [0.2, 0.25) is 5.88 Å². The van der Waals surface area contributed by atoms with Crippen molar-refractivity contribution in [1.82, 2.24) is 4.98 Å². The fraction of sp³-hybridized carbons (Fsp3) is 0.478. The molecule has 1 N–H and O–H groups in total. The van der Waals surface area contributed by atoms with E-state index >= 15 is 0 Å². The molecular formula is C23H26BF3N2O4. The van der Waals surface area contributed by atoms with E-state index in [9.17, 15) is 18.0 Å². The molecule has 1 aromatic heterocycles. The van der Waals surface area contributed by atoms with Gasteiger partial charge in [-0.1, -0.05) is 18.2 Å². The standard InChI is InChI=1S/C23H26BF3N2O4/c1-21(2)22(3,4)33-24(32-21)17-8-6-7-15-14(17)9-10-18(15)28-19-16(23(25,26)27)11-13(12-30)20(29-19)31-5/h6-8,11-12,18H,9-10H2,1-5H3,(H,28,29). The van der Waals surface area contributed by atoms with Crippen LogP contribution in [0.1, 0.15) is 67.2 Å². The normalized spacial score (nSPS) is 21.1. The summed E-state index contributed by atoms with van der Waals surface area (Å²) in [5.41, 5.74) is 0.478. The number of benzene rings is 1. The van der Waals surface area contributed by atoms with Crippen molar-refractivity contribution in [2.24, 2.45) is 0 Å².